The SMILES string of the molecule is COC(=O)NS(=O)(=O)N1CCCCC1CCCl. The van der Waals surface area contributed by atoms with Gasteiger partial charge in [-0.2, -0.15) is 12.7 Å². The van der Waals surface area contributed by atoms with Crippen molar-refractivity contribution in [2.45, 2.75) is 31.7 Å². The summed E-state index contributed by atoms with van der Waals surface area (Å²) in [5, 5.41) is 0. The Bertz CT molecular complexity index is 358. The second kappa shape index (κ2) is 6.42. The van der Waals surface area contributed by atoms with Gasteiger partial charge >= 0.3 is 16.3 Å². The van der Waals surface area contributed by atoms with Gasteiger partial charge in [-0.3, -0.25) is 0 Å². The van der Waals surface area contributed by atoms with Crippen LogP contribution in [0.15, 0.2) is 0 Å². The number of carbonyl (C=O) groups excluding carboxylic acids is 1. The summed E-state index contributed by atoms with van der Waals surface area (Å²) in [6, 6.07) is -0.136. The molecule has 1 rings (SSSR count). The smallest absolute Gasteiger partial charge is 0.421 e. The molecule has 17 heavy (non-hydrogen) atoms. The minimum absolute atomic E-state index is 0.136. The number of hydrogen-bond acceptors (Lipinski definition) is 4. The molecular formula is C9H17ClN2O4S. The fourth-order valence-corrected chi connectivity index (χ4v) is 3.55. The van der Waals surface area contributed by atoms with Crippen LogP contribution in [0.2, 0.25) is 0 Å². The van der Waals surface area contributed by atoms with E-state index in [1.54, 1.807) is 0 Å². The number of ether oxygens (including phenoxy) is 1. The van der Waals surface area contributed by atoms with Gasteiger partial charge in [0.15, 0.2) is 0 Å². The molecule has 1 fully saturated rings. The maximum Gasteiger partial charge on any atom is 0.421 e. The number of methoxy groups -OCH3 is 1. The van der Waals surface area contributed by atoms with Crippen LogP contribution in [-0.4, -0.2) is 44.4 Å². The molecular weight excluding hydrogens is 268 g/mol. The molecule has 8 heteroatoms. The quantitative estimate of drug-likeness (QED) is 0.784. The maximum atomic E-state index is 11.9. The Kier molecular flexibility index (Phi) is 5.48. The van der Waals surface area contributed by atoms with Crippen molar-refractivity contribution in [3.05, 3.63) is 0 Å². The van der Waals surface area contributed by atoms with Gasteiger partial charge < -0.3 is 4.74 Å². The first kappa shape index (κ1) is 14.5. The van der Waals surface area contributed by atoms with Gasteiger partial charge in [-0.1, -0.05) is 6.42 Å². The number of halogens is 1. The summed E-state index contributed by atoms with van der Waals surface area (Å²) in [5.74, 6) is 0.398. The average molecular weight is 285 g/mol. The highest BCUT2D eigenvalue weighted by molar-refractivity contribution is 7.87. The van der Waals surface area contributed by atoms with Crippen LogP contribution in [0.3, 0.4) is 0 Å². The molecule has 1 N–H and O–H groups in total. The first-order chi connectivity index (χ1) is 8.01. The first-order valence-corrected chi connectivity index (χ1v) is 7.42. The lowest BCUT2D eigenvalue weighted by atomic mass is 10.0. The molecule has 1 unspecified atom stereocenters. The molecule has 1 aliphatic heterocycles. The topological polar surface area (TPSA) is 75.7 Å². The molecule has 1 atom stereocenters. The van der Waals surface area contributed by atoms with Crippen molar-refractivity contribution in [2.24, 2.45) is 0 Å². The molecule has 0 bridgehead atoms. The molecule has 0 spiro atoms. The monoisotopic (exact) mass is 284 g/mol. The fourth-order valence-electron chi connectivity index (χ4n) is 1.91. The second-order valence-electron chi connectivity index (χ2n) is 3.84. The Morgan fingerprint density at radius 2 is 2.24 bits per heavy atom. The molecule has 1 amide bonds. The molecule has 100 valence electrons. The lowest BCUT2D eigenvalue weighted by molar-refractivity contribution is 0.175. The van der Waals surface area contributed by atoms with Crippen molar-refractivity contribution in [3.8, 4) is 0 Å². The van der Waals surface area contributed by atoms with Crippen LogP contribution >= 0.6 is 11.6 Å². The van der Waals surface area contributed by atoms with Gasteiger partial charge in [-0.05, 0) is 19.3 Å². The number of carbonyl (C=O) groups is 1. The Labute approximate surface area is 106 Å². The second-order valence-corrected chi connectivity index (χ2v) is 5.84. The predicted molar refractivity (Wildman–Crippen MR) is 64.1 cm³/mol. The van der Waals surface area contributed by atoms with Crippen LogP contribution in [0, 0.1) is 0 Å². The Balaban J connectivity index is 2.75. The van der Waals surface area contributed by atoms with Crippen molar-refractivity contribution in [1.82, 2.24) is 9.03 Å². The van der Waals surface area contributed by atoms with E-state index in [0.717, 1.165) is 26.4 Å². The average Bonchev–Trinajstić information content (AvgIpc) is 2.29. The van der Waals surface area contributed by atoms with E-state index in [1.807, 2.05) is 4.72 Å². The Morgan fingerprint density at radius 1 is 1.53 bits per heavy atom. The Morgan fingerprint density at radius 3 is 2.82 bits per heavy atom. The summed E-state index contributed by atoms with van der Waals surface area (Å²) in [7, 11) is -2.69. The van der Waals surface area contributed by atoms with Crippen molar-refractivity contribution >= 4 is 27.9 Å². The van der Waals surface area contributed by atoms with E-state index in [2.05, 4.69) is 4.74 Å². The summed E-state index contributed by atoms with van der Waals surface area (Å²) >= 11 is 5.65. The van der Waals surface area contributed by atoms with Crippen molar-refractivity contribution in [3.63, 3.8) is 0 Å². The normalized spacial score (nSPS) is 22.1. The van der Waals surface area contributed by atoms with E-state index in [4.69, 9.17) is 11.6 Å². The molecule has 0 aromatic heterocycles. The molecule has 0 aromatic rings. The van der Waals surface area contributed by atoms with E-state index in [0.29, 0.717) is 18.8 Å². The van der Waals surface area contributed by atoms with Gasteiger partial charge in [-0.15, -0.1) is 11.6 Å². The Hall–Kier alpha value is -0.530. The van der Waals surface area contributed by atoms with E-state index in [9.17, 15) is 13.2 Å². The van der Waals surface area contributed by atoms with Crippen LogP contribution in [-0.2, 0) is 14.9 Å². The van der Waals surface area contributed by atoms with Crippen LogP contribution in [0.5, 0.6) is 0 Å². The summed E-state index contributed by atoms with van der Waals surface area (Å²) < 4.78 is 31.3. The third kappa shape index (κ3) is 4.01. The molecule has 6 nitrogen and oxygen atoms in total. The summed E-state index contributed by atoms with van der Waals surface area (Å²) in [5.41, 5.74) is 0. The maximum absolute atomic E-state index is 11.9. The van der Waals surface area contributed by atoms with Crippen molar-refractivity contribution < 1.29 is 17.9 Å². The van der Waals surface area contributed by atoms with Crippen LogP contribution in [0.1, 0.15) is 25.7 Å². The zero-order valence-electron chi connectivity index (χ0n) is 9.69. The zero-order valence-corrected chi connectivity index (χ0v) is 11.3. The largest absolute Gasteiger partial charge is 0.452 e. The minimum atomic E-state index is -3.82. The summed E-state index contributed by atoms with van der Waals surface area (Å²) in [6.07, 6.45) is 2.16. The van der Waals surface area contributed by atoms with Crippen LogP contribution < -0.4 is 4.72 Å². The molecule has 0 radical (unpaired) electrons. The number of alkyl halides is 1. The molecule has 0 aromatic carbocycles. The third-order valence-corrected chi connectivity index (χ3v) is 4.46. The number of rotatable bonds is 4. The highest BCUT2D eigenvalue weighted by atomic mass is 35.5. The lowest BCUT2D eigenvalue weighted by Gasteiger charge is -2.33. The van der Waals surface area contributed by atoms with Gasteiger partial charge in [0.05, 0.1) is 7.11 Å². The predicted octanol–water partition coefficient (Wildman–Crippen LogP) is 1.07. The summed E-state index contributed by atoms with van der Waals surface area (Å²) in [4.78, 5) is 11.0. The highest BCUT2D eigenvalue weighted by Gasteiger charge is 2.33. The van der Waals surface area contributed by atoms with Crippen LogP contribution in [0.4, 0.5) is 4.79 Å². The number of nitrogens with one attached hydrogen (secondary N) is 1. The van der Waals surface area contributed by atoms with E-state index < -0.39 is 16.3 Å². The molecule has 0 aliphatic carbocycles. The minimum Gasteiger partial charge on any atom is -0.452 e. The van der Waals surface area contributed by atoms with Crippen LogP contribution in [0.25, 0.3) is 0 Å². The van der Waals surface area contributed by atoms with Gasteiger partial charge in [0.2, 0.25) is 0 Å². The molecule has 0 saturated carbocycles. The first-order valence-electron chi connectivity index (χ1n) is 5.44. The zero-order chi connectivity index (χ0) is 12.9. The van der Waals surface area contributed by atoms with E-state index >= 15 is 0 Å². The van der Waals surface area contributed by atoms with Crippen molar-refractivity contribution in [2.75, 3.05) is 19.5 Å². The van der Waals surface area contributed by atoms with Gasteiger partial charge in [0.1, 0.15) is 0 Å². The number of nitrogens with zero attached hydrogens (tertiary/aromatic N) is 1. The standard InChI is InChI=1S/C9H17ClN2O4S/c1-16-9(13)11-17(14,15)12-7-3-2-4-8(12)5-6-10/h8H,2-7H2,1H3,(H,11,13). The van der Waals surface area contributed by atoms with E-state index in [1.165, 1.54) is 4.31 Å². The third-order valence-electron chi connectivity index (χ3n) is 2.72. The fraction of sp³-hybridized carbons (Fsp3) is 0.889. The van der Waals surface area contributed by atoms with E-state index in [-0.39, 0.29) is 6.04 Å². The number of hydrogen-bond donors (Lipinski definition) is 1. The number of amides is 1. The van der Waals surface area contributed by atoms with Gasteiger partial charge in [0.25, 0.3) is 0 Å². The van der Waals surface area contributed by atoms with Crippen molar-refractivity contribution in [1.29, 1.82) is 0 Å². The molecule has 1 heterocycles. The highest BCUT2D eigenvalue weighted by Crippen LogP contribution is 2.22. The van der Waals surface area contributed by atoms with Gasteiger partial charge in [-0.25, -0.2) is 9.52 Å². The summed E-state index contributed by atoms with van der Waals surface area (Å²) in [6.45, 7) is 0.411. The molecule has 1 saturated heterocycles. The number of piperidine rings is 1. The van der Waals surface area contributed by atoms with Gasteiger partial charge in [0, 0.05) is 18.5 Å². The molecule has 1 aliphatic rings. The lowest BCUT2D eigenvalue weighted by Crippen LogP contribution is -2.50.